The number of hydrogen-bond donors (Lipinski definition) is 0. The molecule has 0 aliphatic carbocycles. The Morgan fingerprint density at radius 2 is 1.53 bits per heavy atom. The number of nitrogens with zero attached hydrogens (tertiary/aromatic N) is 2. The topological polar surface area (TPSA) is 57.7 Å². The smallest absolute Gasteiger partial charge is 0.240 e. The van der Waals surface area contributed by atoms with Crippen LogP contribution in [-0.2, 0) is 9.59 Å². The number of fused-ring (bicyclic) bond motifs is 5. The number of hydrogen-bond acceptors (Lipinski definition) is 4. The van der Waals surface area contributed by atoms with Crippen molar-refractivity contribution in [3.8, 4) is 0 Å². The van der Waals surface area contributed by atoms with Crippen molar-refractivity contribution < 1.29 is 14.4 Å². The van der Waals surface area contributed by atoms with Crippen LogP contribution in [-0.4, -0.2) is 28.5 Å². The molecule has 2 saturated heterocycles. The first-order chi connectivity index (χ1) is 16.5. The SMILES string of the molecule is O=C(c1ccc(Cl)cc1)[C@@H]1[C@@H]2C(=O)N(c3ccc(Br)cc3)C(=O)[C@@H]2C2c3ccccc3C=CN21. The first kappa shape index (κ1) is 21.3. The van der Waals surface area contributed by atoms with E-state index < -0.39 is 23.9 Å². The summed E-state index contributed by atoms with van der Waals surface area (Å²) in [6.45, 7) is 0. The summed E-state index contributed by atoms with van der Waals surface area (Å²) in [5.74, 6) is -2.27. The molecule has 2 fully saturated rings. The second-order valence-corrected chi connectivity index (χ2v) is 10.0. The maximum Gasteiger partial charge on any atom is 0.240 e. The standard InChI is InChI=1S/C27H18BrClN2O3/c28-17-7-11-19(12-8-17)31-26(33)21-22(27(31)34)24(25(32)16-5-9-18(29)10-6-16)30-14-13-15-3-1-2-4-20(15)23(21)30/h1-14,21-24H/t21-,22+,23?,24-/m0/s1. The molecular weight excluding hydrogens is 516 g/mol. The van der Waals surface area contributed by atoms with Gasteiger partial charge in [0, 0.05) is 21.3 Å². The monoisotopic (exact) mass is 532 g/mol. The number of Topliss-reactive ketones (excluding diaryl/α,β-unsaturated/α-hetero) is 1. The zero-order chi connectivity index (χ0) is 23.6. The second kappa shape index (κ2) is 7.93. The van der Waals surface area contributed by atoms with Gasteiger partial charge in [0.2, 0.25) is 11.8 Å². The predicted octanol–water partition coefficient (Wildman–Crippen LogP) is 5.50. The van der Waals surface area contributed by atoms with Crippen LogP contribution >= 0.6 is 27.5 Å². The summed E-state index contributed by atoms with van der Waals surface area (Å²) in [5, 5.41) is 0.527. The Morgan fingerprint density at radius 3 is 2.26 bits per heavy atom. The minimum Gasteiger partial charge on any atom is -0.358 e. The fourth-order valence-corrected chi connectivity index (χ4v) is 5.88. The first-order valence-corrected chi connectivity index (χ1v) is 12.1. The Hall–Kier alpha value is -3.22. The number of amides is 2. The summed E-state index contributed by atoms with van der Waals surface area (Å²) < 4.78 is 0.851. The average Bonchev–Trinajstić information content (AvgIpc) is 3.32. The zero-order valence-electron chi connectivity index (χ0n) is 17.8. The molecule has 34 heavy (non-hydrogen) atoms. The summed E-state index contributed by atoms with van der Waals surface area (Å²) in [6.07, 6.45) is 3.80. The quantitative estimate of drug-likeness (QED) is 0.330. The molecule has 5 nitrogen and oxygen atoms in total. The minimum absolute atomic E-state index is 0.197. The lowest BCUT2D eigenvalue weighted by Crippen LogP contribution is -2.44. The van der Waals surface area contributed by atoms with Crippen molar-refractivity contribution >= 4 is 56.9 Å². The Balaban J connectivity index is 1.49. The number of carbonyl (C=O) groups excluding carboxylic acids is 3. The molecule has 168 valence electrons. The fraction of sp³-hybridized carbons (Fsp3) is 0.148. The molecule has 3 aliphatic rings. The van der Waals surface area contributed by atoms with Crippen molar-refractivity contribution in [2.24, 2.45) is 11.8 Å². The van der Waals surface area contributed by atoms with Gasteiger partial charge in [0.1, 0.15) is 6.04 Å². The molecule has 0 saturated carbocycles. The summed E-state index contributed by atoms with van der Waals surface area (Å²) >= 11 is 9.43. The molecule has 0 spiro atoms. The highest BCUT2D eigenvalue weighted by Gasteiger charge is 2.64. The predicted molar refractivity (Wildman–Crippen MR) is 133 cm³/mol. The van der Waals surface area contributed by atoms with Gasteiger partial charge in [0.15, 0.2) is 5.78 Å². The molecular formula is C27H18BrClN2O3. The van der Waals surface area contributed by atoms with Gasteiger partial charge in [-0.2, -0.15) is 0 Å². The van der Waals surface area contributed by atoms with Crippen LogP contribution in [0, 0.1) is 11.8 Å². The number of halogens is 2. The van der Waals surface area contributed by atoms with Crippen LogP contribution in [0.2, 0.25) is 5.02 Å². The maximum absolute atomic E-state index is 13.8. The van der Waals surface area contributed by atoms with Gasteiger partial charge in [-0.15, -0.1) is 0 Å². The minimum atomic E-state index is -0.794. The molecule has 0 radical (unpaired) electrons. The maximum atomic E-state index is 13.8. The van der Waals surface area contributed by atoms with Gasteiger partial charge >= 0.3 is 0 Å². The molecule has 6 rings (SSSR count). The van der Waals surface area contributed by atoms with Gasteiger partial charge < -0.3 is 4.90 Å². The van der Waals surface area contributed by atoms with Gasteiger partial charge in [-0.1, -0.05) is 51.8 Å². The molecule has 4 atom stereocenters. The summed E-state index contributed by atoms with van der Waals surface area (Å²) in [5.41, 5.74) is 2.91. The van der Waals surface area contributed by atoms with Crippen LogP contribution in [0.1, 0.15) is 27.5 Å². The molecule has 3 aromatic carbocycles. The third-order valence-electron chi connectivity index (χ3n) is 6.94. The number of imide groups is 1. The van der Waals surface area contributed by atoms with E-state index >= 15 is 0 Å². The van der Waals surface area contributed by atoms with Crippen LogP contribution in [0.3, 0.4) is 0 Å². The molecule has 3 heterocycles. The largest absolute Gasteiger partial charge is 0.358 e. The average molecular weight is 534 g/mol. The molecule has 2 amide bonds. The highest BCUT2D eigenvalue weighted by molar-refractivity contribution is 9.10. The lowest BCUT2D eigenvalue weighted by molar-refractivity contribution is -0.123. The van der Waals surface area contributed by atoms with Crippen molar-refractivity contribution in [1.82, 2.24) is 4.90 Å². The van der Waals surface area contributed by atoms with Gasteiger partial charge in [-0.3, -0.25) is 14.4 Å². The van der Waals surface area contributed by atoms with Crippen molar-refractivity contribution in [3.63, 3.8) is 0 Å². The Bertz CT molecular complexity index is 1370. The van der Waals surface area contributed by atoms with Gasteiger partial charge in [-0.05, 0) is 65.7 Å². The van der Waals surface area contributed by atoms with Crippen molar-refractivity contribution in [2.45, 2.75) is 12.1 Å². The van der Waals surface area contributed by atoms with Crippen LogP contribution in [0.15, 0.2) is 83.5 Å². The van der Waals surface area contributed by atoms with E-state index in [9.17, 15) is 14.4 Å². The third kappa shape index (κ3) is 3.09. The highest BCUT2D eigenvalue weighted by Crippen LogP contribution is 2.53. The van der Waals surface area contributed by atoms with E-state index in [4.69, 9.17) is 11.6 Å². The van der Waals surface area contributed by atoms with Crippen molar-refractivity contribution in [1.29, 1.82) is 0 Å². The van der Waals surface area contributed by atoms with Crippen LogP contribution in [0.5, 0.6) is 0 Å². The third-order valence-corrected chi connectivity index (χ3v) is 7.72. The number of ketones is 1. The second-order valence-electron chi connectivity index (χ2n) is 8.69. The Morgan fingerprint density at radius 1 is 0.853 bits per heavy atom. The first-order valence-electron chi connectivity index (χ1n) is 10.9. The van der Waals surface area contributed by atoms with Crippen LogP contribution in [0.4, 0.5) is 5.69 Å². The molecule has 7 heteroatoms. The molecule has 0 bridgehead atoms. The lowest BCUT2D eigenvalue weighted by Gasteiger charge is -2.35. The van der Waals surface area contributed by atoms with E-state index in [-0.39, 0.29) is 17.6 Å². The lowest BCUT2D eigenvalue weighted by atomic mass is 9.83. The molecule has 0 aromatic heterocycles. The number of rotatable bonds is 3. The Kier molecular flexibility index (Phi) is 4.97. The Labute approximate surface area is 209 Å². The molecule has 1 unspecified atom stereocenters. The zero-order valence-corrected chi connectivity index (χ0v) is 20.1. The van der Waals surface area contributed by atoms with E-state index in [1.54, 1.807) is 48.5 Å². The van der Waals surface area contributed by atoms with E-state index in [1.807, 2.05) is 41.4 Å². The number of benzene rings is 3. The van der Waals surface area contributed by atoms with Gasteiger partial charge in [-0.25, -0.2) is 4.90 Å². The summed E-state index contributed by atoms with van der Waals surface area (Å²) in [6, 6.07) is 20.4. The normalized spacial score (nSPS) is 24.8. The molecule has 3 aromatic rings. The number of anilines is 1. The van der Waals surface area contributed by atoms with Crippen LogP contribution < -0.4 is 4.90 Å². The summed E-state index contributed by atoms with van der Waals surface area (Å²) in [7, 11) is 0. The van der Waals surface area contributed by atoms with E-state index in [1.165, 1.54) is 4.90 Å². The van der Waals surface area contributed by atoms with Gasteiger partial charge in [0.25, 0.3) is 0 Å². The summed E-state index contributed by atoms with van der Waals surface area (Å²) in [4.78, 5) is 44.6. The fourth-order valence-electron chi connectivity index (χ4n) is 5.49. The van der Waals surface area contributed by atoms with Crippen molar-refractivity contribution in [3.05, 3.63) is 105 Å². The van der Waals surface area contributed by atoms with Gasteiger partial charge in [0.05, 0.1) is 23.6 Å². The number of carbonyl (C=O) groups is 3. The van der Waals surface area contributed by atoms with E-state index in [0.717, 1.165) is 15.6 Å². The highest BCUT2D eigenvalue weighted by atomic mass is 79.9. The molecule has 3 aliphatic heterocycles. The van der Waals surface area contributed by atoms with Crippen LogP contribution in [0.25, 0.3) is 6.08 Å². The van der Waals surface area contributed by atoms with Crippen molar-refractivity contribution in [2.75, 3.05) is 4.90 Å². The molecule has 0 N–H and O–H groups in total. The van der Waals surface area contributed by atoms with E-state index in [0.29, 0.717) is 16.3 Å². The van der Waals surface area contributed by atoms with E-state index in [2.05, 4.69) is 15.9 Å².